The molecule has 1 aromatic carbocycles. The van der Waals surface area contributed by atoms with Crippen LogP contribution in [-0.2, 0) is 13.0 Å². The highest BCUT2D eigenvalue weighted by Crippen LogP contribution is 2.23. The van der Waals surface area contributed by atoms with E-state index in [4.69, 9.17) is 0 Å². The van der Waals surface area contributed by atoms with E-state index >= 15 is 0 Å². The van der Waals surface area contributed by atoms with E-state index in [9.17, 15) is 0 Å². The third-order valence-corrected chi connectivity index (χ3v) is 5.50. The maximum atomic E-state index is 4.30. The quantitative estimate of drug-likeness (QED) is 0.782. The number of thioether (sulfide) groups is 1. The maximum absolute atomic E-state index is 4.30. The average molecular weight is 304 g/mol. The van der Waals surface area contributed by atoms with Gasteiger partial charge in [-0.15, -0.1) is 23.1 Å². The van der Waals surface area contributed by atoms with Crippen LogP contribution >= 0.6 is 23.1 Å². The van der Waals surface area contributed by atoms with Gasteiger partial charge in [0.1, 0.15) is 0 Å². The molecule has 1 N–H and O–H groups in total. The lowest BCUT2D eigenvalue weighted by Gasteiger charge is -2.06. The third-order valence-electron chi connectivity index (χ3n) is 3.51. The first-order valence-electron chi connectivity index (χ1n) is 7.15. The predicted molar refractivity (Wildman–Crippen MR) is 87.6 cm³/mol. The summed E-state index contributed by atoms with van der Waals surface area (Å²) in [4.78, 5) is 7.10. The van der Waals surface area contributed by atoms with Gasteiger partial charge in [0, 0.05) is 28.1 Å². The van der Waals surface area contributed by atoms with E-state index in [0.717, 1.165) is 24.8 Å². The van der Waals surface area contributed by atoms with Crippen LogP contribution in [0.3, 0.4) is 0 Å². The van der Waals surface area contributed by atoms with Crippen LogP contribution in [0.5, 0.6) is 0 Å². The van der Waals surface area contributed by atoms with Gasteiger partial charge in [-0.2, -0.15) is 0 Å². The van der Waals surface area contributed by atoms with Crippen LogP contribution < -0.4 is 5.32 Å². The van der Waals surface area contributed by atoms with E-state index in [2.05, 4.69) is 41.5 Å². The lowest BCUT2D eigenvalue weighted by Crippen LogP contribution is -2.15. The molecule has 2 nitrogen and oxygen atoms in total. The van der Waals surface area contributed by atoms with Crippen LogP contribution in [0.2, 0.25) is 0 Å². The van der Waals surface area contributed by atoms with E-state index in [0.29, 0.717) is 0 Å². The molecule has 3 rings (SSSR count). The minimum Gasteiger partial charge on any atom is -0.310 e. The molecule has 1 aliphatic rings. The molecule has 1 saturated carbocycles. The normalized spacial score (nSPS) is 14.7. The second kappa shape index (κ2) is 6.74. The molecule has 1 aromatic heterocycles. The Morgan fingerprint density at radius 2 is 2.30 bits per heavy atom. The van der Waals surface area contributed by atoms with Gasteiger partial charge < -0.3 is 5.32 Å². The van der Waals surface area contributed by atoms with E-state index in [-0.39, 0.29) is 0 Å². The van der Waals surface area contributed by atoms with Gasteiger partial charge in [-0.3, -0.25) is 0 Å². The summed E-state index contributed by atoms with van der Waals surface area (Å²) in [5.41, 5.74) is 4.54. The van der Waals surface area contributed by atoms with Crippen molar-refractivity contribution < 1.29 is 0 Å². The summed E-state index contributed by atoms with van der Waals surface area (Å²) in [6, 6.07) is 9.70. The van der Waals surface area contributed by atoms with Gasteiger partial charge in [-0.05, 0) is 43.9 Å². The van der Waals surface area contributed by atoms with E-state index < -0.39 is 0 Å². The van der Waals surface area contributed by atoms with E-state index in [1.807, 2.05) is 17.3 Å². The first kappa shape index (κ1) is 14.1. The fourth-order valence-corrected chi connectivity index (χ4v) is 3.98. The number of hydrogen-bond donors (Lipinski definition) is 1. The minimum absolute atomic E-state index is 0.778. The average Bonchev–Trinajstić information content (AvgIpc) is 3.20. The Bertz CT molecular complexity index is 561. The number of rotatable bonds is 7. The molecule has 0 bridgehead atoms. The topological polar surface area (TPSA) is 24.9 Å². The molecule has 0 unspecified atom stereocenters. The molecule has 0 aliphatic heterocycles. The number of hydrogen-bond acceptors (Lipinski definition) is 4. The zero-order chi connectivity index (χ0) is 13.8. The number of thiazole rings is 1. The summed E-state index contributed by atoms with van der Waals surface area (Å²) in [7, 11) is 0. The SMILES string of the molecule is Cc1ncsc1CCSc1cccc(CNC2CC2)c1. The Balaban J connectivity index is 1.49. The van der Waals surface area contributed by atoms with Gasteiger partial charge in [-0.25, -0.2) is 4.98 Å². The molecular weight excluding hydrogens is 284 g/mol. The molecule has 0 saturated heterocycles. The van der Waals surface area contributed by atoms with Gasteiger partial charge >= 0.3 is 0 Å². The van der Waals surface area contributed by atoms with Crippen molar-refractivity contribution >= 4 is 23.1 Å². The van der Waals surface area contributed by atoms with Gasteiger partial charge in [-0.1, -0.05) is 12.1 Å². The van der Waals surface area contributed by atoms with Crippen molar-refractivity contribution in [1.29, 1.82) is 0 Å². The van der Waals surface area contributed by atoms with Crippen LogP contribution in [0.4, 0.5) is 0 Å². The molecule has 20 heavy (non-hydrogen) atoms. The molecule has 4 heteroatoms. The first-order chi connectivity index (χ1) is 9.81. The van der Waals surface area contributed by atoms with Crippen LogP contribution in [0.15, 0.2) is 34.7 Å². The Kier molecular flexibility index (Phi) is 4.76. The Labute approximate surface area is 129 Å². The summed E-state index contributed by atoms with van der Waals surface area (Å²) in [5, 5.41) is 3.57. The largest absolute Gasteiger partial charge is 0.310 e. The number of aromatic nitrogens is 1. The number of aryl methyl sites for hydroxylation is 2. The monoisotopic (exact) mass is 304 g/mol. The molecule has 0 radical (unpaired) electrons. The first-order valence-corrected chi connectivity index (χ1v) is 9.02. The summed E-state index contributed by atoms with van der Waals surface area (Å²) in [5.74, 6) is 1.13. The molecule has 1 heterocycles. The molecular formula is C16H20N2S2. The zero-order valence-corrected chi connectivity index (χ0v) is 13.4. The van der Waals surface area contributed by atoms with E-state index in [1.165, 1.54) is 33.9 Å². The van der Waals surface area contributed by atoms with Crippen molar-refractivity contribution in [3.63, 3.8) is 0 Å². The van der Waals surface area contributed by atoms with Gasteiger partial charge in [0.05, 0.1) is 11.2 Å². The predicted octanol–water partition coefficient (Wildman–Crippen LogP) is 4.04. The molecule has 0 spiro atoms. The molecule has 1 aliphatic carbocycles. The molecule has 2 aromatic rings. The summed E-state index contributed by atoms with van der Waals surface area (Å²) in [6.07, 6.45) is 3.82. The van der Waals surface area contributed by atoms with Crippen molar-refractivity contribution in [2.45, 2.75) is 43.7 Å². The third kappa shape index (κ3) is 4.08. The fraction of sp³-hybridized carbons (Fsp3) is 0.438. The lowest BCUT2D eigenvalue weighted by molar-refractivity contribution is 0.687. The van der Waals surface area contributed by atoms with Crippen molar-refractivity contribution in [3.8, 4) is 0 Å². The maximum Gasteiger partial charge on any atom is 0.0797 e. The number of nitrogens with zero attached hydrogens (tertiary/aromatic N) is 1. The number of benzene rings is 1. The smallest absolute Gasteiger partial charge is 0.0797 e. The summed E-state index contributed by atoms with van der Waals surface area (Å²) >= 11 is 3.71. The van der Waals surface area contributed by atoms with Crippen molar-refractivity contribution in [2.75, 3.05) is 5.75 Å². The van der Waals surface area contributed by atoms with Crippen LogP contribution in [-0.4, -0.2) is 16.8 Å². The highest BCUT2D eigenvalue weighted by Gasteiger charge is 2.19. The Morgan fingerprint density at radius 3 is 3.05 bits per heavy atom. The zero-order valence-electron chi connectivity index (χ0n) is 11.8. The van der Waals surface area contributed by atoms with Crippen LogP contribution in [0, 0.1) is 6.92 Å². The Morgan fingerprint density at radius 1 is 1.40 bits per heavy atom. The highest BCUT2D eigenvalue weighted by atomic mass is 32.2. The van der Waals surface area contributed by atoms with E-state index in [1.54, 1.807) is 11.3 Å². The minimum atomic E-state index is 0.778. The second-order valence-electron chi connectivity index (χ2n) is 5.26. The summed E-state index contributed by atoms with van der Waals surface area (Å²) < 4.78 is 0. The van der Waals surface area contributed by atoms with Crippen molar-refractivity contribution in [3.05, 3.63) is 45.9 Å². The number of nitrogens with one attached hydrogen (secondary N) is 1. The lowest BCUT2D eigenvalue weighted by atomic mass is 10.2. The molecule has 0 atom stereocenters. The standard InChI is InChI=1S/C16H20N2S2/c1-12-16(20-11-18-12)7-8-19-15-4-2-3-13(9-15)10-17-14-5-6-14/h2-4,9,11,14,17H,5-8,10H2,1H3. The van der Waals surface area contributed by atoms with Crippen molar-refractivity contribution in [2.24, 2.45) is 0 Å². The second-order valence-corrected chi connectivity index (χ2v) is 7.37. The van der Waals surface area contributed by atoms with Crippen LogP contribution in [0.1, 0.15) is 29.0 Å². The van der Waals surface area contributed by atoms with Crippen LogP contribution in [0.25, 0.3) is 0 Å². The van der Waals surface area contributed by atoms with Gasteiger partial charge in [0.25, 0.3) is 0 Å². The molecule has 106 valence electrons. The Hall–Kier alpha value is -0.840. The van der Waals surface area contributed by atoms with Gasteiger partial charge in [0.2, 0.25) is 0 Å². The molecule has 0 amide bonds. The molecule has 1 fully saturated rings. The summed E-state index contributed by atoms with van der Waals surface area (Å²) in [6.45, 7) is 3.10. The highest BCUT2D eigenvalue weighted by molar-refractivity contribution is 7.99. The fourth-order valence-electron chi connectivity index (χ4n) is 2.12. The van der Waals surface area contributed by atoms with Gasteiger partial charge in [0.15, 0.2) is 0 Å². The van der Waals surface area contributed by atoms with Crippen molar-refractivity contribution in [1.82, 2.24) is 10.3 Å².